The molecule has 1 atom stereocenters. The number of anilines is 1. The van der Waals surface area contributed by atoms with Crippen molar-refractivity contribution in [3.8, 4) is 0 Å². The second-order valence-electron chi connectivity index (χ2n) is 6.57. The summed E-state index contributed by atoms with van der Waals surface area (Å²) >= 11 is 0. The zero-order chi connectivity index (χ0) is 18.0. The third kappa shape index (κ3) is 3.53. The number of hydrogen-bond donors (Lipinski definition) is 0. The van der Waals surface area contributed by atoms with Crippen molar-refractivity contribution in [1.82, 2.24) is 4.90 Å². The molecule has 130 valence electrons. The van der Waals surface area contributed by atoms with Gasteiger partial charge in [-0.3, -0.25) is 14.9 Å². The SMILES string of the molecule is CN(C)CC1CCN(C(=O)c2ccc([N+](=O)[O-])cc2)c2ccccc21. The highest BCUT2D eigenvalue weighted by molar-refractivity contribution is 6.07. The largest absolute Gasteiger partial charge is 0.309 e. The summed E-state index contributed by atoms with van der Waals surface area (Å²) in [4.78, 5) is 27.2. The second kappa shape index (κ2) is 7.03. The van der Waals surface area contributed by atoms with E-state index in [9.17, 15) is 14.9 Å². The van der Waals surface area contributed by atoms with Crippen molar-refractivity contribution in [2.24, 2.45) is 0 Å². The van der Waals surface area contributed by atoms with E-state index in [2.05, 4.69) is 25.1 Å². The van der Waals surface area contributed by atoms with Gasteiger partial charge in [0.15, 0.2) is 0 Å². The Labute approximate surface area is 146 Å². The third-order valence-corrected chi connectivity index (χ3v) is 4.52. The van der Waals surface area contributed by atoms with E-state index in [1.54, 1.807) is 4.90 Å². The fourth-order valence-corrected chi connectivity index (χ4v) is 3.36. The minimum absolute atomic E-state index is 0.0124. The molecule has 1 aliphatic heterocycles. The number of benzene rings is 2. The maximum absolute atomic E-state index is 12.9. The highest BCUT2D eigenvalue weighted by Gasteiger charge is 2.29. The third-order valence-electron chi connectivity index (χ3n) is 4.52. The molecule has 0 radical (unpaired) electrons. The fraction of sp³-hybridized carbons (Fsp3) is 0.316. The van der Waals surface area contributed by atoms with Crippen molar-refractivity contribution in [2.75, 3.05) is 32.1 Å². The summed E-state index contributed by atoms with van der Waals surface area (Å²) < 4.78 is 0. The van der Waals surface area contributed by atoms with Crippen LogP contribution in [0.4, 0.5) is 11.4 Å². The maximum atomic E-state index is 12.9. The number of carbonyl (C=O) groups is 1. The summed E-state index contributed by atoms with van der Waals surface area (Å²) in [6.07, 6.45) is 0.897. The van der Waals surface area contributed by atoms with Gasteiger partial charge in [0.05, 0.1) is 4.92 Å². The molecule has 2 aromatic rings. The molecule has 1 unspecified atom stereocenters. The van der Waals surface area contributed by atoms with Gasteiger partial charge < -0.3 is 9.80 Å². The molecule has 3 rings (SSSR count). The van der Waals surface area contributed by atoms with Crippen LogP contribution in [0.3, 0.4) is 0 Å². The first-order valence-corrected chi connectivity index (χ1v) is 8.27. The Morgan fingerprint density at radius 1 is 1.20 bits per heavy atom. The van der Waals surface area contributed by atoms with Crippen LogP contribution in [0.2, 0.25) is 0 Å². The van der Waals surface area contributed by atoms with E-state index in [4.69, 9.17) is 0 Å². The Kier molecular flexibility index (Phi) is 4.81. The van der Waals surface area contributed by atoms with Gasteiger partial charge in [0.1, 0.15) is 0 Å². The van der Waals surface area contributed by atoms with Crippen molar-refractivity contribution >= 4 is 17.3 Å². The Balaban J connectivity index is 1.89. The van der Waals surface area contributed by atoms with Crippen molar-refractivity contribution in [2.45, 2.75) is 12.3 Å². The first-order valence-electron chi connectivity index (χ1n) is 8.27. The zero-order valence-electron chi connectivity index (χ0n) is 14.4. The molecule has 0 saturated heterocycles. The van der Waals surface area contributed by atoms with Crippen LogP contribution in [-0.2, 0) is 0 Å². The average molecular weight is 339 g/mol. The average Bonchev–Trinajstić information content (AvgIpc) is 2.61. The Bertz CT molecular complexity index is 787. The number of nitrogens with zero attached hydrogens (tertiary/aromatic N) is 3. The first-order chi connectivity index (χ1) is 12.0. The molecule has 2 aromatic carbocycles. The minimum Gasteiger partial charge on any atom is -0.309 e. The number of amides is 1. The van der Waals surface area contributed by atoms with E-state index >= 15 is 0 Å². The molecule has 0 saturated carbocycles. The number of nitro groups is 1. The molecule has 1 heterocycles. The molecule has 0 N–H and O–H groups in total. The zero-order valence-corrected chi connectivity index (χ0v) is 14.4. The summed E-state index contributed by atoms with van der Waals surface area (Å²) in [6.45, 7) is 1.59. The molecule has 0 spiro atoms. The van der Waals surface area contributed by atoms with Gasteiger partial charge in [-0.25, -0.2) is 0 Å². The number of nitro benzene ring substituents is 1. The predicted molar refractivity (Wildman–Crippen MR) is 97.1 cm³/mol. The van der Waals surface area contributed by atoms with Gasteiger partial charge in [-0.05, 0) is 44.3 Å². The predicted octanol–water partition coefficient (Wildman–Crippen LogP) is 3.29. The van der Waals surface area contributed by atoms with Crippen LogP contribution in [0.5, 0.6) is 0 Å². The van der Waals surface area contributed by atoms with Gasteiger partial charge in [-0.2, -0.15) is 0 Å². The van der Waals surface area contributed by atoms with E-state index < -0.39 is 4.92 Å². The molecule has 6 heteroatoms. The monoisotopic (exact) mass is 339 g/mol. The number of hydrogen-bond acceptors (Lipinski definition) is 4. The summed E-state index contributed by atoms with van der Waals surface area (Å²) in [7, 11) is 4.11. The Morgan fingerprint density at radius 2 is 1.88 bits per heavy atom. The van der Waals surface area contributed by atoms with Crippen LogP contribution >= 0.6 is 0 Å². The Hall–Kier alpha value is -2.73. The van der Waals surface area contributed by atoms with Crippen molar-refractivity contribution in [3.05, 3.63) is 69.8 Å². The van der Waals surface area contributed by atoms with Gasteiger partial charge >= 0.3 is 0 Å². The molecule has 0 bridgehead atoms. The summed E-state index contributed by atoms with van der Waals surface area (Å²) in [6, 6.07) is 13.8. The molecular formula is C19H21N3O3. The van der Waals surface area contributed by atoms with Crippen LogP contribution in [0.25, 0.3) is 0 Å². The summed E-state index contributed by atoms with van der Waals surface area (Å²) in [5.74, 6) is 0.276. The number of carbonyl (C=O) groups excluding carboxylic acids is 1. The maximum Gasteiger partial charge on any atom is 0.269 e. The second-order valence-corrected chi connectivity index (χ2v) is 6.57. The molecule has 0 fully saturated rings. The quantitative estimate of drug-likeness (QED) is 0.633. The van der Waals surface area contributed by atoms with Crippen molar-refractivity contribution in [1.29, 1.82) is 0 Å². The van der Waals surface area contributed by atoms with Crippen molar-refractivity contribution < 1.29 is 9.72 Å². The lowest BCUT2D eigenvalue weighted by atomic mass is 9.89. The van der Waals surface area contributed by atoms with Gasteiger partial charge in [0.25, 0.3) is 11.6 Å². The summed E-state index contributed by atoms with van der Waals surface area (Å²) in [5.41, 5.74) is 2.56. The topological polar surface area (TPSA) is 66.7 Å². The van der Waals surface area contributed by atoms with Crippen LogP contribution in [0, 0.1) is 10.1 Å². The highest BCUT2D eigenvalue weighted by atomic mass is 16.6. The molecule has 1 aliphatic rings. The normalized spacial score (nSPS) is 16.6. The van der Waals surface area contributed by atoms with Crippen LogP contribution < -0.4 is 4.90 Å². The molecule has 0 aromatic heterocycles. The van der Waals surface area contributed by atoms with E-state index in [-0.39, 0.29) is 11.6 Å². The number of fused-ring (bicyclic) bond motifs is 1. The smallest absolute Gasteiger partial charge is 0.269 e. The van der Waals surface area contributed by atoms with Crippen LogP contribution in [0.15, 0.2) is 48.5 Å². The van der Waals surface area contributed by atoms with Crippen LogP contribution in [0.1, 0.15) is 28.3 Å². The summed E-state index contributed by atoms with van der Waals surface area (Å²) in [5, 5.41) is 10.8. The Morgan fingerprint density at radius 3 is 2.52 bits per heavy atom. The first kappa shape index (κ1) is 17.1. The van der Waals surface area contributed by atoms with E-state index in [1.807, 2.05) is 18.2 Å². The van der Waals surface area contributed by atoms with E-state index in [0.717, 1.165) is 18.7 Å². The number of non-ortho nitro benzene ring substituents is 1. The van der Waals surface area contributed by atoms with E-state index in [1.165, 1.54) is 29.8 Å². The fourth-order valence-electron chi connectivity index (χ4n) is 3.36. The molecular weight excluding hydrogens is 318 g/mol. The minimum atomic E-state index is -0.462. The highest BCUT2D eigenvalue weighted by Crippen LogP contribution is 2.36. The van der Waals surface area contributed by atoms with Crippen molar-refractivity contribution in [3.63, 3.8) is 0 Å². The lowest BCUT2D eigenvalue weighted by Crippen LogP contribution is -2.38. The molecule has 6 nitrogen and oxygen atoms in total. The number of rotatable bonds is 4. The lowest BCUT2D eigenvalue weighted by molar-refractivity contribution is -0.384. The number of para-hydroxylation sites is 1. The van der Waals surface area contributed by atoms with Gasteiger partial charge in [0, 0.05) is 42.4 Å². The van der Waals surface area contributed by atoms with Gasteiger partial charge in [-0.15, -0.1) is 0 Å². The van der Waals surface area contributed by atoms with Gasteiger partial charge in [0.2, 0.25) is 0 Å². The molecule has 25 heavy (non-hydrogen) atoms. The standard InChI is InChI=1S/C19H21N3O3/c1-20(2)13-15-11-12-21(18-6-4-3-5-17(15)18)19(23)14-7-9-16(10-8-14)22(24)25/h3-10,15H,11-13H2,1-2H3. The molecule has 0 aliphatic carbocycles. The lowest BCUT2D eigenvalue weighted by Gasteiger charge is -2.35. The van der Waals surface area contributed by atoms with E-state index in [0.29, 0.717) is 18.0 Å². The number of likely N-dealkylation sites (N-methyl/N-ethyl adjacent to an activating group) is 1. The van der Waals surface area contributed by atoms with Gasteiger partial charge in [-0.1, -0.05) is 18.2 Å². The van der Waals surface area contributed by atoms with Crippen LogP contribution in [-0.4, -0.2) is 42.9 Å². The molecule has 1 amide bonds.